The maximum Gasteiger partial charge on any atom is 0.329 e. The van der Waals surface area contributed by atoms with Gasteiger partial charge in [0.25, 0.3) is 5.91 Å². The number of rotatable bonds is 3. The molecular formula is C14H17ClN2O3. The Hall–Kier alpha value is -1.62. The van der Waals surface area contributed by atoms with E-state index in [1.807, 2.05) is 6.92 Å². The molecule has 1 fully saturated rings. The Balaban J connectivity index is 2.18. The van der Waals surface area contributed by atoms with E-state index in [-0.39, 0.29) is 11.6 Å². The summed E-state index contributed by atoms with van der Waals surface area (Å²) in [5, 5.41) is 12.6. The van der Waals surface area contributed by atoms with E-state index in [9.17, 15) is 14.7 Å². The lowest BCUT2D eigenvalue weighted by Gasteiger charge is -2.36. The Labute approximate surface area is 122 Å². The van der Waals surface area contributed by atoms with Crippen LogP contribution in [0.1, 0.15) is 43.1 Å². The first-order valence-corrected chi connectivity index (χ1v) is 6.98. The lowest BCUT2D eigenvalue weighted by Crippen LogP contribution is -2.56. The van der Waals surface area contributed by atoms with Gasteiger partial charge in [-0.15, -0.1) is 0 Å². The van der Waals surface area contributed by atoms with Crippen molar-refractivity contribution in [3.05, 3.63) is 29.0 Å². The Bertz CT molecular complexity index is 518. The van der Waals surface area contributed by atoms with Crippen LogP contribution in [-0.2, 0) is 4.79 Å². The molecule has 2 N–H and O–H groups in total. The molecule has 1 aromatic heterocycles. The van der Waals surface area contributed by atoms with Crippen LogP contribution in [0, 0.1) is 5.92 Å². The zero-order chi connectivity index (χ0) is 14.8. The van der Waals surface area contributed by atoms with E-state index >= 15 is 0 Å². The molecule has 0 saturated heterocycles. The molecule has 0 aromatic carbocycles. The maximum atomic E-state index is 12.2. The van der Waals surface area contributed by atoms with Gasteiger partial charge in [-0.25, -0.2) is 9.78 Å². The molecule has 0 spiro atoms. The van der Waals surface area contributed by atoms with Crippen LogP contribution in [0.3, 0.4) is 0 Å². The van der Waals surface area contributed by atoms with E-state index in [0.717, 1.165) is 12.8 Å². The second-order valence-corrected chi connectivity index (χ2v) is 5.84. The third-order valence-corrected chi connectivity index (χ3v) is 3.94. The van der Waals surface area contributed by atoms with E-state index in [2.05, 4.69) is 10.3 Å². The fourth-order valence-electron chi connectivity index (χ4n) is 2.70. The summed E-state index contributed by atoms with van der Waals surface area (Å²) in [6.07, 6.45) is 4.05. The van der Waals surface area contributed by atoms with Crippen molar-refractivity contribution in [3.8, 4) is 0 Å². The highest BCUT2D eigenvalue weighted by atomic mass is 35.5. The van der Waals surface area contributed by atoms with Crippen molar-refractivity contribution in [1.82, 2.24) is 10.3 Å². The number of halogens is 1. The molecule has 1 heterocycles. The van der Waals surface area contributed by atoms with E-state index in [1.165, 1.54) is 12.3 Å². The molecule has 1 saturated carbocycles. The molecule has 5 nitrogen and oxygen atoms in total. The molecule has 1 aromatic rings. The van der Waals surface area contributed by atoms with Gasteiger partial charge in [0, 0.05) is 6.20 Å². The first-order chi connectivity index (χ1) is 9.43. The van der Waals surface area contributed by atoms with Crippen LogP contribution >= 0.6 is 11.6 Å². The van der Waals surface area contributed by atoms with Crippen LogP contribution in [0.25, 0.3) is 0 Å². The van der Waals surface area contributed by atoms with Crippen molar-refractivity contribution in [1.29, 1.82) is 0 Å². The van der Waals surface area contributed by atoms with E-state index < -0.39 is 17.4 Å². The minimum atomic E-state index is -1.18. The van der Waals surface area contributed by atoms with Crippen molar-refractivity contribution >= 4 is 23.5 Å². The molecule has 6 heteroatoms. The van der Waals surface area contributed by atoms with Gasteiger partial charge in [-0.2, -0.15) is 0 Å². The van der Waals surface area contributed by atoms with Gasteiger partial charge in [0.15, 0.2) is 0 Å². The fourth-order valence-corrected chi connectivity index (χ4v) is 2.82. The van der Waals surface area contributed by atoms with Crippen LogP contribution in [0.5, 0.6) is 0 Å². The van der Waals surface area contributed by atoms with Crippen molar-refractivity contribution in [3.63, 3.8) is 0 Å². The number of nitrogens with one attached hydrogen (secondary N) is 1. The monoisotopic (exact) mass is 296 g/mol. The summed E-state index contributed by atoms with van der Waals surface area (Å²) in [6, 6.07) is 3.04. The van der Waals surface area contributed by atoms with Crippen molar-refractivity contribution in [2.45, 2.75) is 38.1 Å². The molecule has 20 heavy (non-hydrogen) atoms. The number of hydrogen-bond donors (Lipinski definition) is 2. The summed E-state index contributed by atoms with van der Waals surface area (Å²) in [5.41, 5.74) is -1.01. The smallest absolute Gasteiger partial charge is 0.329 e. The fraction of sp³-hybridized carbons (Fsp3) is 0.500. The van der Waals surface area contributed by atoms with Crippen molar-refractivity contribution in [2.24, 2.45) is 5.92 Å². The number of hydrogen-bond acceptors (Lipinski definition) is 3. The van der Waals surface area contributed by atoms with E-state index in [4.69, 9.17) is 11.6 Å². The van der Waals surface area contributed by atoms with Crippen LogP contribution in [0.4, 0.5) is 0 Å². The van der Waals surface area contributed by atoms with Gasteiger partial charge < -0.3 is 10.4 Å². The molecule has 1 amide bonds. The van der Waals surface area contributed by atoms with Crippen molar-refractivity contribution in [2.75, 3.05) is 0 Å². The first-order valence-electron chi connectivity index (χ1n) is 6.60. The first kappa shape index (κ1) is 14.8. The number of carbonyl (C=O) groups excluding carboxylic acids is 1. The lowest BCUT2D eigenvalue weighted by molar-refractivity contribution is -0.146. The number of carboxylic acid groups (broad SMARTS) is 1. The largest absolute Gasteiger partial charge is 0.480 e. The van der Waals surface area contributed by atoms with Crippen LogP contribution < -0.4 is 5.32 Å². The minimum absolute atomic E-state index is 0.174. The average Bonchev–Trinajstić information content (AvgIpc) is 2.39. The van der Waals surface area contributed by atoms with Gasteiger partial charge in [-0.3, -0.25) is 4.79 Å². The highest BCUT2D eigenvalue weighted by molar-refractivity contribution is 6.30. The molecule has 1 aliphatic rings. The van der Waals surface area contributed by atoms with E-state index in [0.29, 0.717) is 17.9 Å². The zero-order valence-corrected chi connectivity index (χ0v) is 12.0. The Morgan fingerprint density at radius 3 is 2.80 bits per heavy atom. The van der Waals surface area contributed by atoms with Crippen LogP contribution in [-0.4, -0.2) is 27.5 Å². The van der Waals surface area contributed by atoms with Gasteiger partial charge >= 0.3 is 5.97 Å². The lowest BCUT2D eigenvalue weighted by atomic mass is 9.76. The highest BCUT2D eigenvalue weighted by Crippen LogP contribution is 2.32. The second-order valence-electron chi connectivity index (χ2n) is 5.40. The predicted molar refractivity (Wildman–Crippen MR) is 74.7 cm³/mol. The van der Waals surface area contributed by atoms with Gasteiger partial charge in [0.2, 0.25) is 0 Å². The predicted octanol–water partition coefficient (Wildman–Crippen LogP) is 2.50. The molecule has 2 atom stereocenters. The van der Waals surface area contributed by atoms with Gasteiger partial charge in [0.05, 0.1) is 5.02 Å². The Morgan fingerprint density at radius 2 is 2.25 bits per heavy atom. The summed E-state index contributed by atoms with van der Waals surface area (Å²) in [6.45, 7) is 2.00. The topological polar surface area (TPSA) is 79.3 Å². The zero-order valence-electron chi connectivity index (χ0n) is 11.2. The number of aromatic nitrogens is 1. The average molecular weight is 297 g/mol. The van der Waals surface area contributed by atoms with Gasteiger partial charge in [-0.1, -0.05) is 31.4 Å². The third kappa shape index (κ3) is 3.10. The minimum Gasteiger partial charge on any atom is -0.480 e. The molecule has 1 aliphatic carbocycles. The second kappa shape index (κ2) is 5.79. The number of pyridine rings is 1. The SMILES string of the molecule is CC1CCCC(NC(=O)c2ccc(Cl)cn2)(C(=O)O)C1. The summed E-state index contributed by atoms with van der Waals surface area (Å²) in [4.78, 5) is 27.7. The molecule has 0 radical (unpaired) electrons. The third-order valence-electron chi connectivity index (χ3n) is 3.72. The molecular weight excluding hydrogens is 280 g/mol. The Morgan fingerprint density at radius 1 is 1.50 bits per heavy atom. The number of aliphatic carboxylic acids is 1. The number of carboxylic acids is 1. The Kier molecular flexibility index (Phi) is 4.28. The summed E-state index contributed by atoms with van der Waals surface area (Å²) < 4.78 is 0. The number of nitrogens with zero attached hydrogens (tertiary/aromatic N) is 1. The van der Waals surface area contributed by atoms with Crippen LogP contribution in [0.2, 0.25) is 5.02 Å². The standard InChI is InChI=1S/C14H17ClN2O3/c1-9-3-2-6-14(7-9,13(19)20)17-12(18)11-5-4-10(15)8-16-11/h4-5,8-9H,2-3,6-7H2,1H3,(H,17,18)(H,19,20). The molecule has 0 bridgehead atoms. The number of carbonyl (C=O) groups is 2. The quantitative estimate of drug-likeness (QED) is 0.898. The van der Waals surface area contributed by atoms with Crippen LogP contribution in [0.15, 0.2) is 18.3 Å². The summed E-state index contributed by atoms with van der Waals surface area (Å²) >= 11 is 5.72. The molecule has 108 valence electrons. The number of amides is 1. The normalized spacial score (nSPS) is 26.0. The summed E-state index contributed by atoms with van der Waals surface area (Å²) in [5.74, 6) is -1.18. The van der Waals surface area contributed by atoms with E-state index in [1.54, 1.807) is 6.07 Å². The van der Waals surface area contributed by atoms with Gasteiger partial charge in [-0.05, 0) is 30.9 Å². The highest BCUT2D eigenvalue weighted by Gasteiger charge is 2.43. The molecule has 2 rings (SSSR count). The van der Waals surface area contributed by atoms with Gasteiger partial charge in [0.1, 0.15) is 11.2 Å². The van der Waals surface area contributed by atoms with Crippen molar-refractivity contribution < 1.29 is 14.7 Å². The molecule has 2 unspecified atom stereocenters. The molecule has 0 aliphatic heterocycles. The summed E-state index contributed by atoms with van der Waals surface area (Å²) in [7, 11) is 0. The maximum absolute atomic E-state index is 12.2.